The van der Waals surface area contributed by atoms with Crippen LogP contribution in [0.25, 0.3) is 11.1 Å². The second-order valence-electron chi connectivity index (χ2n) is 4.87. The lowest BCUT2D eigenvalue weighted by Crippen LogP contribution is -2.31. The molecule has 2 heterocycles. The van der Waals surface area contributed by atoms with E-state index in [1.54, 1.807) is 6.26 Å². The number of hydrogen-bond donors (Lipinski definition) is 1. The molecule has 1 N–H and O–H groups in total. The molecular weight excluding hydrogens is 254 g/mol. The van der Waals surface area contributed by atoms with Crippen molar-refractivity contribution in [1.29, 1.82) is 0 Å². The van der Waals surface area contributed by atoms with Crippen LogP contribution in [0.5, 0.6) is 0 Å². The number of benzene rings is 1. The van der Waals surface area contributed by atoms with Crippen LogP contribution in [0, 0.1) is 0 Å². The molecule has 1 unspecified atom stereocenters. The summed E-state index contributed by atoms with van der Waals surface area (Å²) in [5.74, 6) is 0.165. The molecule has 1 atom stereocenters. The average Bonchev–Trinajstić information content (AvgIpc) is 3.17. The summed E-state index contributed by atoms with van der Waals surface area (Å²) in [4.78, 5) is 12.2. The number of hydrogen-bond acceptors (Lipinski definition) is 3. The summed E-state index contributed by atoms with van der Waals surface area (Å²) in [5, 5.41) is 2.88. The molecule has 1 aromatic carbocycles. The molecule has 2 aromatic rings. The molecule has 4 nitrogen and oxygen atoms in total. The first-order valence-corrected chi connectivity index (χ1v) is 6.87. The summed E-state index contributed by atoms with van der Waals surface area (Å²) < 4.78 is 10.8. The highest BCUT2D eigenvalue weighted by molar-refractivity contribution is 5.98. The third kappa shape index (κ3) is 2.75. The van der Waals surface area contributed by atoms with Crippen molar-refractivity contribution in [2.75, 3.05) is 13.2 Å². The zero-order valence-electron chi connectivity index (χ0n) is 11.2. The molecule has 1 aliphatic rings. The van der Waals surface area contributed by atoms with Crippen molar-refractivity contribution in [2.45, 2.75) is 18.9 Å². The van der Waals surface area contributed by atoms with E-state index in [0.29, 0.717) is 12.3 Å². The van der Waals surface area contributed by atoms with E-state index in [9.17, 15) is 4.79 Å². The Labute approximate surface area is 117 Å². The van der Waals surface area contributed by atoms with Gasteiger partial charge in [0.2, 0.25) is 0 Å². The molecule has 1 amide bonds. The van der Waals surface area contributed by atoms with Gasteiger partial charge in [-0.15, -0.1) is 0 Å². The molecule has 0 spiro atoms. The maximum Gasteiger partial charge on any atom is 0.287 e. The highest BCUT2D eigenvalue weighted by Gasteiger charge is 2.20. The number of amides is 1. The third-order valence-electron chi connectivity index (χ3n) is 3.47. The molecule has 104 valence electrons. The van der Waals surface area contributed by atoms with Gasteiger partial charge in [0.1, 0.15) is 0 Å². The van der Waals surface area contributed by atoms with Crippen LogP contribution in [0.1, 0.15) is 23.4 Å². The maximum absolute atomic E-state index is 12.2. The van der Waals surface area contributed by atoms with Gasteiger partial charge in [-0.3, -0.25) is 4.79 Å². The molecule has 0 bridgehead atoms. The normalized spacial score (nSPS) is 18.1. The molecular formula is C16H17NO3. The number of ether oxygens (including phenoxy) is 1. The predicted molar refractivity (Wildman–Crippen MR) is 75.5 cm³/mol. The molecule has 0 saturated carbocycles. The fourth-order valence-electron chi connectivity index (χ4n) is 2.42. The Morgan fingerprint density at radius 3 is 2.85 bits per heavy atom. The van der Waals surface area contributed by atoms with Gasteiger partial charge < -0.3 is 14.5 Å². The van der Waals surface area contributed by atoms with Crippen LogP contribution in [-0.2, 0) is 4.74 Å². The fraction of sp³-hybridized carbons (Fsp3) is 0.312. The molecule has 20 heavy (non-hydrogen) atoms. The van der Waals surface area contributed by atoms with Crippen LogP contribution in [0.4, 0.5) is 0 Å². The number of nitrogens with one attached hydrogen (secondary N) is 1. The lowest BCUT2D eigenvalue weighted by Gasteiger charge is -2.10. The van der Waals surface area contributed by atoms with E-state index in [0.717, 1.165) is 30.6 Å². The Bertz CT molecular complexity index is 570. The first-order valence-electron chi connectivity index (χ1n) is 6.87. The van der Waals surface area contributed by atoms with Gasteiger partial charge in [-0.05, 0) is 24.5 Å². The minimum Gasteiger partial charge on any atom is -0.459 e. The van der Waals surface area contributed by atoms with E-state index < -0.39 is 0 Å². The van der Waals surface area contributed by atoms with E-state index in [2.05, 4.69) is 5.32 Å². The molecule has 1 fully saturated rings. The smallest absolute Gasteiger partial charge is 0.287 e. The number of rotatable bonds is 4. The first-order chi connectivity index (χ1) is 9.84. The Balaban J connectivity index is 1.70. The Morgan fingerprint density at radius 1 is 1.25 bits per heavy atom. The van der Waals surface area contributed by atoms with Gasteiger partial charge in [0.25, 0.3) is 5.91 Å². The summed E-state index contributed by atoms with van der Waals surface area (Å²) in [6, 6.07) is 11.6. The summed E-state index contributed by atoms with van der Waals surface area (Å²) in [5.41, 5.74) is 1.79. The van der Waals surface area contributed by atoms with E-state index in [4.69, 9.17) is 9.15 Å². The van der Waals surface area contributed by atoms with Crippen LogP contribution in [0.3, 0.4) is 0 Å². The quantitative estimate of drug-likeness (QED) is 0.930. The SMILES string of the molecule is O=C(NCC1CCCO1)c1occc1-c1ccccc1. The van der Waals surface area contributed by atoms with Gasteiger partial charge >= 0.3 is 0 Å². The maximum atomic E-state index is 12.2. The van der Waals surface area contributed by atoms with Crippen molar-refractivity contribution in [3.8, 4) is 11.1 Å². The number of carbonyl (C=O) groups excluding carboxylic acids is 1. The Hall–Kier alpha value is -2.07. The van der Waals surface area contributed by atoms with Crippen molar-refractivity contribution in [1.82, 2.24) is 5.32 Å². The summed E-state index contributed by atoms with van der Waals surface area (Å²) in [6.45, 7) is 1.32. The topological polar surface area (TPSA) is 51.5 Å². The molecule has 0 aliphatic carbocycles. The monoisotopic (exact) mass is 271 g/mol. The van der Waals surface area contributed by atoms with Crippen molar-refractivity contribution in [2.24, 2.45) is 0 Å². The molecule has 0 radical (unpaired) electrons. The van der Waals surface area contributed by atoms with Crippen LogP contribution in [-0.4, -0.2) is 25.2 Å². The van der Waals surface area contributed by atoms with Crippen molar-refractivity contribution < 1.29 is 13.9 Å². The second kappa shape index (κ2) is 5.92. The fourth-order valence-corrected chi connectivity index (χ4v) is 2.42. The summed E-state index contributed by atoms with van der Waals surface area (Å²) in [7, 11) is 0. The molecule has 4 heteroatoms. The van der Waals surface area contributed by atoms with Gasteiger partial charge in [-0.1, -0.05) is 30.3 Å². The second-order valence-corrected chi connectivity index (χ2v) is 4.87. The van der Waals surface area contributed by atoms with Gasteiger partial charge in [-0.25, -0.2) is 0 Å². The Morgan fingerprint density at radius 2 is 2.10 bits per heavy atom. The standard InChI is InChI=1S/C16H17NO3/c18-16(17-11-13-7-4-9-19-13)15-14(8-10-20-15)12-5-2-1-3-6-12/h1-3,5-6,8,10,13H,4,7,9,11H2,(H,17,18). The van der Waals surface area contributed by atoms with E-state index in [1.807, 2.05) is 36.4 Å². The summed E-state index contributed by atoms with van der Waals surface area (Å²) >= 11 is 0. The van der Waals surface area contributed by atoms with E-state index in [1.165, 1.54) is 0 Å². The Kier molecular flexibility index (Phi) is 3.83. The van der Waals surface area contributed by atoms with Crippen LogP contribution >= 0.6 is 0 Å². The zero-order chi connectivity index (χ0) is 13.8. The van der Waals surface area contributed by atoms with Crippen molar-refractivity contribution in [3.05, 3.63) is 48.4 Å². The minimum absolute atomic E-state index is 0.133. The van der Waals surface area contributed by atoms with Crippen molar-refractivity contribution in [3.63, 3.8) is 0 Å². The van der Waals surface area contributed by atoms with Gasteiger partial charge in [0.05, 0.1) is 12.4 Å². The minimum atomic E-state index is -0.190. The highest BCUT2D eigenvalue weighted by Crippen LogP contribution is 2.24. The number of carbonyl (C=O) groups is 1. The molecule has 1 aliphatic heterocycles. The van der Waals surface area contributed by atoms with Crippen LogP contribution < -0.4 is 5.32 Å². The molecule has 1 aromatic heterocycles. The lowest BCUT2D eigenvalue weighted by atomic mass is 10.1. The average molecular weight is 271 g/mol. The number of furan rings is 1. The zero-order valence-corrected chi connectivity index (χ0v) is 11.2. The highest BCUT2D eigenvalue weighted by atomic mass is 16.5. The van der Waals surface area contributed by atoms with Crippen LogP contribution in [0.2, 0.25) is 0 Å². The van der Waals surface area contributed by atoms with E-state index >= 15 is 0 Å². The first kappa shape index (κ1) is 12.9. The molecule has 3 rings (SSSR count). The van der Waals surface area contributed by atoms with E-state index in [-0.39, 0.29) is 12.0 Å². The van der Waals surface area contributed by atoms with Crippen LogP contribution in [0.15, 0.2) is 47.1 Å². The van der Waals surface area contributed by atoms with Crippen molar-refractivity contribution >= 4 is 5.91 Å². The van der Waals surface area contributed by atoms with Gasteiger partial charge in [0, 0.05) is 18.7 Å². The van der Waals surface area contributed by atoms with Gasteiger partial charge in [0.15, 0.2) is 5.76 Å². The lowest BCUT2D eigenvalue weighted by molar-refractivity contribution is 0.0836. The molecule has 1 saturated heterocycles. The van der Waals surface area contributed by atoms with Gasteiger partial charge in [-0.2, -0.15) is 0 Å². The largest absolute Gasteiger partial charge is 0.459 e. The summed E-state index contributed by atoms with van der Waals surface area (Å²) in [6.07, 6.45) is 3.75. The third-order valence-corrected chi connectivity index (χ3v) is 3.47. The predicted octanol–water partition coefficient (Wildman–Crippen LogP) is 2.86.